The summed E-state index contributed by atoms with van der Waals surface area (Å²) in [6, 6.07) is 7.37. The molecule has 0 atom stereocenters. The molecule has 1 aliphatic carbocycles. The van der Waals surface area contributed by atoms with Gasteiger partial charge in [-0.1, -0.05) is 42.7 Å². The zero-order valence-electron chi connectivity index (χ0n) is 15.4. The summed E-state index contributed by atoms with van der Waals surface area (Å²) in [6.45, 7) is 0.420. The van der Waals surface area contributed by atoms with Gasteiger partial charge in [0.1, 0.15) is 12.3 Å². The van der Waals surface area contributed by atoms with Crippen LogP contribution in [0.1, 0.15) is 53.7 Å². The van der Waals surface area contributed by atoms with Crippen molar-refractivity contribution in [2.75, 3.05) is 7.11 Å². The molecule has 1 aromatic heterocycles. The molecule has 0 bridgehead atoms. The Kier molecular flexibility index (Phi) is 6.40. The first-order chi connectivity index (χ1) is 13.2. The number of hydrogen-bond acceptors (Lipinski definition) is 6. The second-order valence-corrected chi connectivity index (χ2v) is 6.61. The number of benzene rings is 1. The van der Waals surface area contributed by atoms with Crippen LogP contribution in [0.4, 0.5) is 4.79 Å². The number of esters is 1. The Morgan fingerprint density at radius 3 is 2.78 bits per heavy atom. The SMILES string of the molecule is COC(=O)c1ccccc1Cn1cc(COC(=O)NC2CCCCC2)nn1. The lowest BCUT2D eigenvalue weighted by Gasteiger charge is -2.22. The van der Waals surface area contributed by atoms with Crippen LogP contribution < -0.4 is 5.32 Å². The Bertz CT molecular complexity index is 784. The number of rotatable bonds is 6. The molecule has 0 saturated heterocycles. The quantitative estimate of drug-likeness (QED) is 0.783. The van der Waals surface area contributed by atoms with Crippen LogP contribution in [0.3, 0.4) is 0 Å². The highest BCUT2D eigenvalue weighted by Gasteiger charge is 2.17. The molecule has 0 radical (unpaired) electrons. The number of aromatic nitrogens is 3. The van der Waals surface area contributed by atoms with Gasteiger partial charge in [-0.25, -0.2) is 14.3 Å². The van der Waals surface area contributed by atoms with Gasteiger partial charge in [0.15, 0.2) is 0 Å². The molecule has 1 N–H and O–H groups in total. The maximum Gasteiger partial charge on any atom is 0.407 e. The predicted molar refractivity (Wildman–Crippen MR) is 97.1 cm³/mol. The maximum absolute atomic E-state index is 11.9. The summed E-state index contributed by atoms with van der Waals surface area (Å²) in [5, 5.41) is 10.9. The van der Waals surface area contributed by atoms with Crippen molar-refractivity contribution >= 4 is 12.1 Å². The molecule has 144 valence electrons. The van der Waals surface area contributed by atoms with Crippen LogP contribution in [0, 0.1) is 0 Å². The first kappa shape index (κ1) is 18.9. The van der Waals surface area contributed by atoms with E-state index in [1.165, 1.54) is 13.5 Å². The summed E-state index contributed by atoms with van der Waals surface area (Å²) in [5.41, 5.74) is 1.81. The zero-order chi connectivity index (χ0) is 19.1. The first-order valence-electron chi connectivity index (χ1n) is 9.14. The summed E-state index contributed by atoms with van der Waals surface area (Å²) in [5.74, 6) is -0.395. The van der Waals surface area contributed by atoms with Crippen molar-refractivity contribution in [1.82, 2.24) is 20.3 Å². The van der Waals surface area contributed by atoms with Gasteiger partial charge < -0.3 is 14.8 Å². The monoisotopic (exact) mass is 372 g/mol. The van der Waals surface area contributed by atoms with Crippen LogP contribution in [0.2, 0.25) is 0 Å². The third-order valence-electron chi connectivity index (χ3n) is 4.62. The Balaban J connectivity index is 1.53. The molecule has 1 fully saturated rings. The van der Waals surface area contributed by atoms with Gasteiger partial charge in [-0.2, -0.15) is 0 Å². The Morgan fingerprint density at radius 1 is 1.22 bits per heavy atom. The smallest absolute Gasteiger partial charge is 0.407 e. The minimum atomic E-state index is -0.424. The minimum absolute atomic E-state index is 0.0528. The van der Waals surface area contributed by atoms with Crippen LogP contribution in [0.25, 0.3) is 0 Å². The molecule has 1 heterocycles. The lowest BCUT2D eigenvalue weighted by atomic mass is 9.96. The maximum atomic E-state index is 11.9. The van der Waals surface area contributed by atoms with E-state index >= 15 is 0 Å². The number of alkyl carbamates (subject to hydrolysis) is 1. The largest absolute Gasteiger partial charge is 0.465 e. The number of methoxy groups -OCH3 is 1. The van der Waals surface area contributed by atoms with Crippen LogP contribution >= 0.6 is 0 Å². The molecule has 0 unspecified atom stereocenters. The van der Waals surface area contributed by atoms with Gasteiger partial charge in [-0.05, 0) is 24.5 Å². The molecule has 1 saturated carbocycles. The van der Waals surface area contributed by atoms with E-state index < -0.39 is 12.1 Å². The molecule has 2 aromatic rings. The van der Waals surface area contributed by atoms with Gasteiger partial charge in [0.2, 0.25) is 0 Å². The van der Waals surface area contributed by atoms with E-state index in [9.17, 15) is 9.59 Å². The highest BCUT2D eigenvalue weighted by molar-refractivity contribution is 5.90. The minimum Gasteiger partial charge on any atom is -0.465 e. The van der Waals surface area contributed by atoms with Crippen molar-refractivity contribution < 1.29 is 19.1 Å². The second-order valence-electron chi connectivity index (χ2n) is 6.61. The molecule has 0 spiro atoms. The van der Waals surface area contributed by atoms with E-state index in [0.29, 0.717) is 17.8 Å². The third kappa shape index (κ3) is 5.29. The van der Waals surface area contributed by atoms with E-state index in [0.717, 1.165) is 31.2 Å². The molecular formula is C19H24N4O4. The predicted octanol–water partition coefficient (Wildman–Crippen LogP) is 2.67. The van der Waals surface area contributed by atoms with Crippen molar-refractivity contribution in [2.24, 2.45) is 0 Å². The fourth-order valence-electron chi connectivity index (χ4n) is 3.22. The Morgan fingerprint density at radius 2 is 2.00 bits per heavy atom. The molecule has 3 rings (SSSR count). The van der Waals surface area contributed by atoms with Crippen molar-refractivity contribution in [2.45, 2.75) is 51.3 Å². The summed E-state index contributed by atoms with van der Waals surface area (Å²) < 4.78 is 11.6. The van der Waals surface area contributed by atoms with Crippen molar-refractivity contribution in [3.8, 4) is 0 Å². The van der Waals surface area contributed by atoms with Crippen LogP contribution in [0.15, 0.2) is 30.5 Å². The van der Waals surface area contributed by atoms with Gasteiger partial charge >= 0.3 is 12.1 Å². The van der Waals surface area contributed by atoms with Crippen molar-refractivity contribution in [3.05, 3.63) is 47.3 Å². The molecule has 8 heteroatoms. The summed E-state index contributed by atoms with van der Waals surface area (Å²) in [4.78, 5) is 23.7. The van der Waals surface area contributed by atoms with E-state index in [4.69, 9.17) is 9.47 Å². The van der Waals surface area contributed by atoms with E-state index in [1.807, 2.05) is 12.1 Å². The van der Waals surface area contributed by atoms with Gasteiger partial charge in [0.05, 0.1) is 25.4 Å². The molecule has 0 aliphatic heterocycles. The lowest BCUT2D eigenvalue weighted by molar-refractivity contribution is 0.0599. The zero-order valence-corrected chi connectivity index (χ0v) is 15.4. The lowest BCUT2D eigenvalue weighted by Crippen LogP contribution is -2.36. The summed E-state index contributed by atoms with van der Waals surface area (Å²) >= 11 is 0. The number of hydrogen-bond donors (Lipinski definition) is 1. The van der Waals surface area contributed by atoms with E-state index in [2.05, 4.69) is 15.6 Å². The van der Waals surface area contributed by atoms with Gasteiger partial charge in [-0.15, -0.1) is 5.10 Å². The van der Waals surface area contributed by atoms with Crippen LogP contribution in [-0.4, -0.2) is 40.2 Å². The number of amides is 1. The van der Waals surface area contributed by atoms with Crippen LogP contribution in [-0.2, 0) is 22.6 Å². The van der Waals surface area contributed by atoms with E-state index in [1.54, 1.807) is 23.0 Å². The molecule has 1 aliphatic rings. The average Bonchev–Trinajstić information content (AvgIpc) is 3.14. The average molecular weight is 372 g/mol. The number of carbonyl (C=O) groups excluding carboxylic acids is 2. The van der Waals surface area contributed by atoms with Crippen molar-refractivity contribution in [3.63, 3.8) is 0 Å². The van der Waals surface area contributed by atoms with Gasteiger partial charge in [0, 0.05) is 6.04 Å². The fourth-order valence-corrected chi connectivity index (χ4v) is 3.22. The molecular weight excluding hydrogens is 348 g/mol. The summed E-state index contributed by atoms with van der Waals surface area (Å²) in [6.07, 6.45) is 6.80. The summed E-state index contributed by atoms with van der Waals surface area (Å²) in [7, 11) is 1.35. The standard InChI is InChI=1S/C19H24N4O4/c1-26-18(24)17-10-6-5-7-14(17)11-23-12-16(21-22-23)13-27-19(25)20-15-8-3-2-4-9-15/h5-7,10,12,15H,2-4,8-9,11,13H2,1H3,(H,20,25). The second kappa shape index (κ2) is 9.16. The molecule has 8 nitrogen and oxygen atoms in total. The van der Waals surface area contributed by atoms with E-state index in [-0.39, 0.29) is 12.6 Å². The first-order valence-corrected chi connectivity index (χ1v) is 9.14. The Labute approximate surface area is 157 Å². The number of carbonyl (C=O) groups is 2. The van der Waals surface area contributed by atoms with Gasteiger partial charge in [-0.3, -0.25) is 0 Å². The molecule has 1 aromatic carbocycles. The Hall–Kier alpha value is -2.90. The molecule has 1 amide bonds. The normalized spacial score (nSPS) is 14.6. The number of ether oxygens (including phenoxy) is 2. The number of nitrogens with zero attached hydrogens (tertiary/aromatic N) is 3. The number of nitrogens with one attached hydrogen (secondary N) is 1. The highest BCUT2D eigenvalue weighted by Crippen LogP contribution is 2.17. The van der Waals surface area contributed by atoms with Crippen molar-refractivity contribution in [1.29, 1.82) is 0 Å². The highest BCUT2D eigenvalue weighted by atomic mass is 16.5. The topological polar surface area (TPSA) is 95.3 Å². The fraction of sp³-hybridized carbons (Fsp3) is 0.474. The third-order valence-corrected chi connectivity index (χ3v) is 4.62. The van der Waals surface area contributed by atoms with Crippen LogP contribution in [0.5, 0.6) is 0 Å². The molecule has 27 heavy (non-hydrogen) atoms. The van der Waals surface area contributed by atoms with Gasteiger partial charge in [0.25, 0.3) is 0 Å².